The van der Waals surface area contributed by atoms with E-state index in [1.807, 2.05) is 0 Å². The van der Waals surface area contributed by atoms with Crippen LogP contribution < -0.4 is 15.0 Å². The van der Waals surface area contributed by atoms with E-state index in [0.29, 0.717) is 5.52 Å². The van der Waals surface area contributed by atoms with Gasteiger partial charge in [-0.05, 0) is 6.07 Å². The maximum absolute atomic E-state index is 11.4. The zero-order valence-electron chi connectivity index (χ0n) is 8.27. The summed E-state index contributed by atoms with van der Waals surface area (Å²) >= 11 is 0. The molecule has 0 aliphatic carbocycles. The van der Waals surface area contributed by atoms with Gasteiger partial charge < -0.3 is 14.5 Å². The Kier molecular flexibility index (Phi) is 2.24. The molecule has 2 heterocycles. The molecular formula is C9H9N3O3. The lowest BCUT2D eigenvalue weighted by Crippen LogP contribution is -2.09. The molecule has 0 amide bonds. The second-order valence-electron chi connectivity index (χ2n) is 2.78. The van der Waals surface area contributed by atoms with Crippen molar-refractivity contribution < 1.29 is 9.47 Å². The number of aromatic amines is 1. The Morgan fingerprint density at radius 3 is 2.53 bits per heavy atom. The van der Waals surface area contributed by atoms with Gasteiger partial charge in [-0.2, -0.15) is 0 Å². The van der Waals surface area contributed by atoms with Crippen molar-refractivity contribution in [3.63, 3.8) is 0 Å². The van der Waals surface area contributed by atoms with Gasteiger partial charge in [0.2, 0.25) is 0 Å². The topological polar surface area (TPSA) is 77.1 Å². The van der Waals surface area contributed by atoms with Gasteiger partial charge in [-0.1, -0.05) is 0 Å². The molecule has 6 nitrogen and oxygen atoms in total. The lowest BCUT2D eigenvalue weighted by Gasteiger charge is -2.05. The predicted octanol–water partition coefficient (Wildman–Crippen LogP) is 0.335. The molecule has 1 N–H and O–H groups in total. The fraction of sp³-hybridized carbons (Fsp3) is 0.222. The molecule has 0 atom stereocenters. The normalized spacial score (nSPS) is 10.3. The van der Waals surface area contributed by atoms with Gasteiger partial charge in [0.1, 0.15) is 5.52 Å². The first-order chi connectivity index (χ1) is 7.26. The van der Waals surface area contributed by atoms with Gasteiger partial charge in [-0.3, -0.25) is 4.79 Å². The van der Waals surface area contributed by atoms with E-state index >= 15 is 0 Å². The van der Waals surface area contributed by atoms with Crippen LogP contribution in [-0.4, -0.2) is 29.2 Å². The molecule has 0 saturated heterocycles. The number of nitrogens with zero attached hydrogens (tertiary/aromatic N) is 2. The maximum Gasteiger partial charge on any atom is 0.278 e. The average molecular weight is 207 g/mol. The molecule has 0 spiro atoms. The van der Waals surface area contributed by atoms with E-state index in [2.05, 4.69) is 15.0 Å². The molecule has 2 rings (SSSR count). The molecule has 0 bridgehead atoms. The van der Waals surface area contributed by atoms with Crippen molar-refractivity contribution in [3.8, 4) is 11.8 Å². The number of aromatic nitrogens is 3. The van der Waals surface area contributed by atoms with E-state index in [4.69, 9.17) is 9.47 Å². The highest BCUT2D eigenvalue weighted by Gasteiger charge is 2.10. The second-order valence-corrected chi connectivity index (χ2v) is 2.78. The highest BCUT2D eigenvalue weighted by atomic mass is 16.5. The van der Waals surface area contributed by atoms with Crippen LogP contribution in [0.2, 0.25) is 0 Å². The largest absolute Gasteiger partial charge is 0.477 e. The summed E-state index contributed by atoms with van der Waals surface area (Å²) in [6, 6.07) is 1.64. The fourth-order valence-electron chi connectivity index (χ4n) is 1.23. The minimum Gasteiger partial charge on any atom is -0.477 e. The van der Waals surface area contributed by atoms with Crippen LogP contribution in [0.15, 0.2) is 17.1 Å². The molecule has 0 aromatic carbocycles. The van der Waals surface area contributed by atoms with Crippen LogP contribution in [-0.2, 0) is 0 Å². The van der Waals surface area contributed by atoms with Gasteiger partial charge in [0, 0.05) is 6.20 Å². The lowest BCUT2D eigenvalue weighted by atomic mass is 10.4. The van der Waals surface area contributed by atoms with Crippen LogP contribution in [0.3, 0.4) is 0 Å². The van der Waals surface area contributed by atoms with E-state index in [9.17, 15) is 4.79 Å². The monoisotopic (exact) mass is 207 g/mol. The third-order valence-corrected chi connectivity index (χ3v) is 1.92. The Hall–Kier alpha value is -2.11. The second kappa shape index (κ2) is 3.56. The van der Waals surface area contributed by atoms with Crippen molar-refractivity contribution in [2.75, 3.05) is 14.2 Å². The van der Waals surface area contributed by atoms with Gasteiger partial charge in [0.25, 0.3) is 17.3 Å². The summed E-state index contributed by atoms with van der Waals surface area (Å²) in [5.74, 6) is 0.456. The van der Waals surface area contributed by atoms with E-state index in [1.54, 1.807) is 6.07 Å². The average Bonchev–Trinajstić information content (AvgIpc) is 2.28. The number of hydrogen-bond donors (Lipinski definition) is 1. The predicted molar refractivity (Wildman–Crippen MR) is 53.3 cm³/mol. The van der Waals surface area contributed by atoms with Gasteiger partial charge >= 0.3 is 0 Å². The van der Waals surface area contributed by atoms with E-state index in [1.165, 1.54) is 20.4 Å². The highest BCUT2D eigenvalue weighted by Crippen LogP contribution is 2.22. The lowest BCUT2D eigenvalue weighted by molar-refractivity contribution is 0.334. The number of rotatable bonds is 2. The van der Waals surface area contributed by atoms with Gasteiger partial charge in [-0.15, -0.1) is 0 Å². The van der Waals surface area contributed by atoms with Crippen molar-refractivity contribution in [2.24, 2.45) is 0 Å². The van der Waals surface area contributed by atoms with Crippen molar-refractivity contribution in [3.05, 3.63) is 22.6 Å². The SMILES string of the molecule is COc1nc2cc[nH]c(=O)c2nc1OC. The summed E-state index contributed by atoms with van der Waals surface area (Å²) < 4.78 is 9.92. The number of ether oxygens (including phenoxy) is 2. The number of nitrogens with one attached hydrogen (secondary N) is 1. The van der Waals surface area contributed by atoms with Gasteiger partial charge in [-0.25, -0.2) is 9.97 Å². The van der Waals surface area contributed by atoms with E-state index in [0.717, 1.165) is 0 Å². The first kappa shape index (κ1) is 9.45. The first-order valence-corrected chi connectivity index (χ1v) is 4.23. The number of methoxy groups -OCH3 is 2. The molecule has 0 saturated carbocycles. The minimum atomic E-state index is -0.305. The van der Waals surface area contributed by atoms with Crippen molar-refractivity contribution >= 4 is 11.0 Å². The third kappa shape index (κ3) is 1.50. The Balaban J connectivity index is 2.81. The molecule has 0 unspecified atom stereocenters. The van der Waals surface area contributed by atoms with Crippen LogP contribution in [0.4, 0.5) is 0 Å². The van der Waals surface area contributed by atoms with Crippen LogP contribution in [0.5, 0.6) is 11.8 Å². The van der Waals surface area contributed by atoms with Crippen molar-refractivity contribution in [1.82, 2.24) is 15.0 Å². The molecule has 0 aliphatic heterocycles. The van der Waals surface area contributed by atoms with Crippen LogP contribution in [0.1, 0.15) is 0 Å². The third-order valence-electron chi connectivity index (χ3n) is 1.92. The zero-order chi connectivity index (χ0) is 10.8. The van der Waals surface area contributed by atoms with Gasteiger partial charge in [0.15, 0.2) is 5.52 Å². The molecular weight excluding hydrogens is 198 g/mol. The van der Waals surface area contributed by atoms with Crippen LogP contribution >= 0.6 is 0 Å². The summed E-state index contributed by atoms with van der Waals surface area (Å²) in [5.41, 5.74) is 0.396. The van der Waals surface area contributed by atoms with E-state index in [-0.39, 0.29) is 22.8 Å². The summed E-state index contributed by atoms with van der Waals surface area (Å²) in [7, 11) is 2.90. The molecule has 0 aliphatic rings. The van der Waals surface area contributed by atoms with E-state index < -0.39 is 0 Å². The number of pyridine rings is 1. The highest BCUT2D eigenvalue weighted by molar-refractivity contribution is 5.74. The Labute approximate surface area is 84.9 Å². The first-order valence-electron chi connectivity index (χ1n) is 4.23. The molecule has 2 aromatic rings. The zero-order valence-corrected chi connectivity index (χ0v) is 8.27. The van der Waals surface area contributed by atoms with Crippen molar-refractivity contribution in [1.29, 1.82) is 0 Å². The fourth-order valence-corrected chi connectivity index (χ4v) is 1.23. The summed E-state index contributed by atoms with van der Waals surface area (Å²) in [4.78, 5) is 22.0. The number of hydrogen-bond acceptors (Lipinski definition) is 5. The molecule has 2 aromatic heterocycles. The quantitative estimate of drug-likeness (QED) is 0.768. The van der Waals surface area contributed by atoms with Crippen LogP contribution in [0.25, 0.3) is 11.0 Å². The molecule has 15 heavy (non-hydrogen) atoms. The Morgan fingerprint density at radius 2 is 1.87 bits per heavy atom. The molecule has 0 fully saturated rings. The molecule has 78 valence electrons. The van der Waals surface area contributed by atoms with Gasteiger partial charge in [0.05, 0.1) is 14.2 Å². The maximum atomic E-state index is 11.4. The number of fused-ring (bicyclic) bond motifs is 1. The summed E-state index contributed by atoms with van der Waals surface area (Å²) in [6.07, 6.45) is 1.51. The number of H-pyrrole nitrogens is 1. The molecule has 0 radical (unpaired) electrons. The standard InChI is InChI=1S/C9H9N3O3/c1-14-8-9(15-2)12-6-5(11-8)3-4-10-7(6)13/h3-4H,1-2H3,(H,10,13). The Morgan fingerprint density at radius 1 is 1.20 bits per heavy atom. The van der Waals surface area contributed by atoms with Crippen molar-refractivity contribution in [2.45, 2.75) is 0 Å². The minimum absolute atomic E-state index is 0.196. The smallest absolute Gasteiger partial charge is 0.278 e. The Bertz CT molecular complexity index is 550. The van der Waals surface area contributed by atoms with Crippen LogP contribution in [0, 0.1) is 0 Å². The summed E-state index contributed by atoms with van der Waals surface area (Å²) in [5, 5.41) is 0. The summed E-state index contributed by atoms with van der Waals surface area (Å²) in [6.45, 7) is 0. The molecule has 6 heteroatoms.